The maximum absolute atomic E-state index is 13.3. The van der Waals surface area contributed by atoms with E-state index in [4.69, 9.17) is 9.72 Å². The van der Waals surface area contributed by atoms with Gasteiger partial charge in [0, 0.05) is 17.9 Å². The summed E-state index contributed by atoms with van der Waals surface area (Å²) in [4.78, 5) is 30.3. The number of para-hydroxylation sites is 2. The first-order valence-electron chi connectivity index (χ1n) is 10.4. The predicted molar refractivity (Wildman–Crippen MR) is 129 cm³/mol. The van der Waals surface area contributed by atoms with Crippen molar-refractivity contribution in [2.24, 2.45) is 0 Å². The number of hydrogen-bond acceptors (Lipinski definition) is 5. The number of hydrogen-bond donors (Lipinski definition) is 1. The van der Waals surface area contributed by atoms with E-state index in [2.05, 4.69) is 5.32 Å². The van der Waals surface area contributed by atoms with Crippen molar-refractivity contribution in [3.63, 3.8) is 0 Å². The minimum absolute atomic E-state index is 0.0838. The van der Waals surface area contributed by atoms with E-state index in [0.717, 1.165) is 11.4 Å². The lowest BCUT2D eigenvalue weighted by Crippen LogP contribution is -2.22. The van der Waals surface area contributed by atoms with Gasteiger partial charge in [0.05, 0.1) is 23.2 Å². The highest BCUT2D eigenvalue weighted by molar-refractivity contribution is 7.99. The first-order chi connectivity index (χ1) is 15.7. The fourth-order valence-electron chi connectivity index (χ4n) is 3.27. The van der Waals surface area contributed by atoms with E-state index in [1.54, 1.807) is 10.6 Å². The zero-order valence-electron chi connectivity index (χ0n) is 17.7. The minimum atomic E-state index is -0.143. The first kappa shape index (κ1) is 21.6. The van der Waals surface area contributed by atoms with Crippen LogP contribution in [0, 0.1) is 0 Å². The molecule has 3 aromatic carbocycles. The molecule has 0 saturated heterocycles. The van der Waals surface area contributed by atoms with Gasteiger partial charge in [-0.25, -0.2) is 4.98 Å². The molecule has 1 amide bonds. The van der Waals surface area contributed by atoms with Gasteiger partial charge >= 0.3 is 0 Å². The summed E-state index contributed by atoms with van der Waals surface area (Å²) in [6, 6.07) is 24.0. The molecule has 7 heteroatoms. The number of carbonyl (C=O) groups is 1. The number of ether oxygens (including phenoxy) is 1. The Morgan fingerprint density at radius 3 is 2.47 bits per heavy atom. The average Bonchev–Trinajstić information content (AvgIpc) is 2.81. The second kappa shape index (κ2) is 10.2. The third kappa shape index (κ3) is 5.00. The maximum atomic E-state index is 13.3. The number of aromatic nitrogens is 2. The molecule has 0 atom stereocenters. The van der Waals surface area contributed by atoms with E-state index in [1.807, 2.05) is 79.7 Å². The van der Waals surface area contributed by atoms with Crippen LogP contribution in [0.3, 0.4) is 0 Å². The van der Waals surface area contributed by atoms with Crippen LogP contribution in [-0.4, -0.2) is 27.8 Å². The molecule has 0 bridgehead atoms. The van der Waals surface area contributed by atoms with E-state index in [0.29, 0.717) is 40.5 Å². The number of anilines is 1. The molecule has 4 rings (SSSR count). The Labute approximate surface area is 190 Å². The van der Waals surface area contributed by atoms with Crippen LogP contribution in [0.1, 0.15) is 13.3 Å². The summed E-state index contributed by atoms with van der Waals surface area (Å²) in [5.74, 6) is 1.14. The van der Waals surface area contributed by atoms with Crippen LogP contribution < -0.4 is 15.6 Å². The molecule has 32 heavy (non-hydrogen) atoms. The van der Waals surface area contributed by atoms with Crippen molar-refractivity contribution >= 4 is 34.3 Å². The number of fused-ring (bicyclic) bond motifs is 1. The molecule has 6 nitrogen and oxygen atoms in total. The van der Waals surface area contributed by atoms with Gasteiger partial charge in [-0.2, -0.15) is 0 Å². The fraction of sp³-hybridized carbons (Fsp3) is 0.160. The Morgan fingerprint density at radius 1 is 1.00 bits per heavy atom. The smallest absolute Gasteiger partial charge is 0.266 e. The summed E-state index contributed by atoms with van der Waals surface area (Å²) >= 11 is 1.38. The Kier molecular flexibility index (Phi) is 6.87. The standard InChI is InChI=1S/C25H23N3O3S/c1-2-31-20-14-12-19(13-15-20)28-24(30)21-10-6-7-11-22(21)27-25(28)32-17-16-23(29)26-18-8-4-3-5-9-18/h3-15H,2,16-17H2,1H3,(H,26,29). The number of amides is 1. The van der Waals surface area contributed by atoms with Crippen molar-refractivity contribution in [1.82, 2.24) is 9.55 Å². The highest BCUT2D eigenvalue weighted by Crippen LogP contribution is 2.23. The zero-order valence-corrected chi connectivity index (χ0v) is 18.5. The van der Waals surface area contributed by atoms with Crippen LogP contribution in [-0.2, 0) is 4.79 Å². The number of carbonyl (C=O) groups excluding carboxylic acids is 1. The van der Waals surface area contributed by atoms with Crippen molar-refractivity contribution in [1.29, 1.82) is 0 Å². The highest BCUT2D eigenvalue weighted by Gasteiger charge is 2.14. The molecule has 0 spiro atoms. The molecule has 4 aromatic rings. The molecule has 0 radical (unpaired) electrons. The molecule has 0 aliphatic carbocycles. The fourth-order valence-corrected chi connectivity index (χ4v) is 4.23. The van der Waals surface area contributed by atoms with Crippen LogP contribution in [0.4, 0.5) is 5.69 Å². The van der Waals surface area contributed by atoms with Gasteiger partial charge in [-0.1, -0.05) is 42.1 Å². The van der Waals surface area contributed by atoms with Crippen LogP contribution in [0.2, 0.25) is 0 Å². The summed E-state index contributed by atoms with van der Waals surface area (Å²) in [6.45, 7) is 2.50. The third-order valence-corrected chi connectivity index (χ3v) is 5.71. The highest BCUT2D eigenvalue weighted by atomic mass is 32.2. The van der Waals surface area contributed by atoms with Gasteiger partial charge < -0.3 is 10.1 Å². The second-order valence-corrected chi connectivity index (χ2v) is 8.05. The van der Waals surface area contributed by atoms with Crippen molar-refractivity contribution in [2.75, 3.05) is 17.7 Å². The normalized spacial score (nSPS) is 10.8. The number of nitrogens with one attached hydrogen (secondary N) is 1. The third-order valence-electron chi connectivity index (χ3n) is 4.77. The van der Waals surface area contributed by atoms with E-state index >= 15 is 0 Å². The molecule has 0 saturated carbocycles. The van der Waals surface area contributed by atoms with Gasteiger partial charge in [-0.3, -0.25) is 14.2 Å². The van der Waals surface area contributed by atoms with Crippen molar-refractivity contribution < 1.29 is 9.53 Å². The van der Waals surface area contributed by atoms with Gasteiger partial charge in [0.1, 0.15) is 5.75 Å². The Morgan fingerprint density at radius 2 is 1.72 bits per heavy atom. The Balaban J connectivity index is 1.59. The lowest BCUT2D eigenvalue weighted by molar-refractivity contribution is -0.115. The summed E-state index contributed by atoms with van der Waals surface area (Å²) in [5, 5.41) is 3.97. The lowest BCUT2D eigenvalue weighted by Gasteiger charge is -2.14. The molecule has 1 aromatic heterocycles. The van der Waals surface area contributed by atoms with E-state index in [9.17, 15) is 9.59 Å². The number of nitrogens with zero attached hydrogens (tertiary/aromatic N) is 2. The molecule has 162 valence electrons. The lowest BCUT2D eigenvalue weighted by atomic mass is 10.2. The first-order valence-corrected chi connectivity index (χ1v) is 11.4. The number of benzene rings is 3. The quantitative estimate of drug-likeness (QED) is 0.308. The minimum Gasteiger partial charge on any atom is -0.494 e. The van der Waals surface area contributed by atoms with Crippen LogP contribution in [0.5, 0.6) is 5.75 Å². The Hall–Kier alpha value is -3.58. The van der Waals surface area contributed by atoms with Gasteiger partial charge in [0.25, 0.3) is 5.56 Å². The summed E-state index contributed by atoms with van der Waals surface area (Å²) in [5.41, 5.74) is 1.96. The number of thioether (sulfide) groups is 1. The molecule has 0 fully saturated rings. The van der Waals surface area contributed by atoms with Gasteiger partial charge in [0.15, 0.2) is 5.16 Å². The number of rotatable bonds is 8. The molecule has 1 heterocycles. The molecular weight excluding hydrogens is 422 g/mol. The van der Waals surface area contributed by atoms with Gasteiger partial charge in [-0.15, -0.1) is 0 Å². The van der Waals surface area contributed by atoms with Crippen LogP contribution in [0.15, 0.2) is 88.8 Å². The van der Waals surface area contributed by atoms with Crippen molar-refractivity contribution in [3.8, 4) is 11.4 Å². The summed E-state index contributed by atoms with van der Waals surface area (Å²) in [6.07, 6.45) is 0.297. The van der Waals surface area contributed by atoms with Crippen molar-refractivity contribution in [2.45, 2.75) is 18.5 Å². The average molecular weight is 446 g/mol. The second-order valence-electron chi connectivity index (χ2n) is 6.99. The van der Waals surface area contributed by atoms with Gasteiger partial charge in [-0.05, 0) is 55.5 Å². The molecular formula is C25H23N3O3S. The largest absolute Gasteiger partial charge is 0.494 e. The van der Waals surface area contributed by atoms with Crippen LogP contribution in [0.25, 0.3) is 16.6 Å². The topological polar surface area (TPSA) is 73.2 Å². The monoisotopic (exact) mass is 445 g/mol. The summed E-state index contributed by atoms with van der Waals surface area (Å²) in [7, 11) is 0. The van der Waals surface area contributed by atoms with E-state index in [-0.39, 0.29) is 11.5 Å². The van der Waals surface area contributed by atoms with Crippen LogP contribution >= 0.6 is 11.8 Å². The van der Waals surface area contributed by atoms with E-state index in [1.165, 1.54) is 11.8 Å². The molecule has 0 aliphatic heterocycles. The predicted octanol–water partition coefficient (Wildman–Crippen LogP) is 4.91. The molecule has 0 aliphatic rings. The van der Waals surface area contributed by atoms with E-state index < -0.39 is 0 Å². The summed E-state index contributed by atoms with van der Waals surface area (Å²) < 4.78 is 7.11. The Bertz CT molecular complexity index is 1270. The SMILES string of the molecule is CCOc1ccc(-n2c(SCCC(=O)Nc3ccccc3)nc3ccccc3c2=O)cc1. The molecule has 0 unspecified atom stereocenters. The zero-order chi connectivity index (χ0) is 22.3. The molecule has 1 N–H and O–H groups in total. The van der Waals surface area contributed by atoms with Crippen molar-refractivity contribution in [3.05, 3.63) is 89.2 Å². The maximum Gasteiger partial charge on any atom is 0.266 e. The van der Waals surface area contributed by atoms with Gasteiger partial charge in [0.2, 0.25) is 5.91 Å².